The van der Waals surface area contributed by atoms with Crippen LogP contribution in [0.5, 0.6) is 0 Å². The zero-order valence-electron chi connectivity index (χ0n) is 12.3. The van der Waals surface area contributed by atoms with Crippen molar-refractivity contribution in [3.63, 3.8) is 0 Å². The Morgan fingerprint density at radius 2 is 2.17 bits per heavy atom. The van der Waals surface area contributed by atoms with Gasteiger partial charge in [-0.2, -0.15) is 0 Å². The number of ether oxygens (including phenoxy) is 1. The zero-order valence-corrected chi connectivity index (χ0v) is 13.1. The van der Waals surface area contributed by atoms with Crippen molar-refractivity contribution in [3.05, 3.63) is 39.7 Å². The topological polar surface area (TPSA) is 68.5 Å². The van der Waals surface area contributed by atoms with Crippen molar-refractivity contribution in [2.24, 2.45) is 0 Å². The first kappa shape index (κ1) is 15.9. The van der Waals surface area contributed by atoms with Gasteiger partial charge in [0.1, 0.15) is 11.0 Å². The molecule has 0 saturated carbocycles. The highest BCUT2D eigenvalue weighted by molar-refractivity contribution is 8.00. The molecule has 0 saturated heterocycles. The van der Waals surface area contributed by atoms with Crippen LogP contribution in [-0.4, -0.2) is 27.7 Å². The molecule has 0 spiro atoms. The zero-order chi connectivity index (χ0) is 16.9. The van der Waals surface area contributed by atoms with E-state index in [2.05, 4.69) is 0 Å². The van der Waals surface area contributed by atoms with Crippen molar-refractivity contribution in [1.82, 2.24) is 4.57 Å². The predicted octanol–water partition coefficient (Wildman–Crippen LogP) is 2.44. The largest absolute Gasteiger partial charge is 0.462 e. The van der Waals surface area contributed by atoms with Crippen LogP contribution in [0.1, 0.15) is 30.2 Å². The summed E-state index contributed by atoms with van der Waals surface area (Å²) in [5.41, 5.74) is -1.87. The molecule has 122 valence electrons. The third-order valence-corrected chi connectivity index (χ3v) is 4.99. The van der Waals surface area contributed by atoms with E-state index in [9.17, 15) is 23.5 Å². The van der Waals surface area contributed by atoms with Gasteiger partial charge in [-0.15, -0.1) is 0 Å². The molecule has 2 unspecified atom stereocenters. The van der Waals surface area contributed by atoms with Gasteiger partial charge in [-0.25, -0.2) is 13.6 Å². The number of carbonyl (C=O) groups excluding carboxylic acids is 1. The fraction of sp³-hybridized carbons (Fsp3) is 0.333. The molecule has 8 heteroatoms. The van der Waals surface area contributed by atoms with Gasteiger partial charge < -0.3 is 14.4 Å². The molecule has 1 aliphatic rings. The summed E-state index contributed by atoms with van der Waals surface area (Å²) in [5, 5.41) is 9.94. The van der Waals surface area contributed by atoms with Crippen molar-refractivity contribution >= 4 is 28.6 Å². The molecule has 1 N–H and O–H groups in total. The van der Waals surface area contributed by atoms with E-state index < -0.39 is 34.5 Å². The first-order valence-corrected chi connectivity index (χ1v) is 7.83. The SMILES string of the molecule is CCOC(=O)c1cn2c3c(c(F)c(F)cc3c1=O)SC(O)C2C. The maximum atomic E-state index is 14.0. The summed E-state index contributed by atoms with van der Waals surface area (Å²) in [6, 6.07) is 0.245. The monoisotopic (exact) mass is 341 g/mol. The van der Waals surface area contributed by atoms with E-state index in [4.69, 9.17) is 4.74 Å². The van der Waals surface area contributed by atoms with Crippen molar-refractivity contribution in [1.29, 1.82) is 0 Å². The van der Waals surface area contributed by atoms with Gasteiger partial charge in [0.25, 0.3) is 0 Å². The van der Waals surface area contributed by atoms with E-state index in [0.29, 0.717) is 0 Å². The minimum Gasteiger partial charge on any atom is -0.462 e. The summed E-state index contributed by atoms with van der Waals surface area (Å²) in [6.07, 6.45) is 1.23. The van der Waals surface area contributed by atoms with Gasteiger partial charge in [0, 0.05) is 6.20 Å². The first-order chi connectivity index (χ1) is 10.9. The molecule has 2 atom stereocenters. The van der Waals surface area contributed by atoms with E-state index in [1.165, 1.54) is 10.8 Å². The molecule has 0 bridgehead atoms. The van der Waals surface area contributed by atoms with Crippen LogP contribution in [0.2, 0.25) is 0 Å². The lowest BCUT2D eigenvalue weighted by Crippen LogP contribution is -2.29. The van der Waals surface area contributed by atoms with Crippen LogP contribution in [0.4, 0.5) is 8.78 Å². The molecule has 0 fully saturated rings. The number of esters is 1. The molecule has 1 aromatic carbocycles. The Balaban J connectivity index is 2.43. The summed E-state index contributed by atoms with van der Waals surface area (Å²) < 4.78 is 34.1. The van der Waals surface area contributed by atoms with Crippen molar-refractivity contribution in [3.8, 4) is 0 Å². The Morgan fingerprint density at radius 3 is 2.83 bits per heavy atom. The molecule has 0 amide bonds. The number of pyridine rings is 1. The molecule has 0 aliphatic carbocycles. The molecule has 5 nitrogen and oxygen atoms in total. The second-order valence-corrected chi connectivity index (χ2v) is 6.27. The highest BCUT2D eigenvalue weighted by Gasteiger charge is 2.32. The standard InChI is InChI=1S/C15H13F2NO4S/c1-3-22-14(20)8-5-18-6(2)15(21)23-13-10(17)9(16)4-7(11(13)18)12(8)19/h4-6,15,21H,3H2,1-2H3. The summed E-state index contributed by atoms with van der Waals surface area (Å²) in [6.45, 7) is 3.32. The van der Waals surface area contributed by atoms with Crippen LogP contribution in [0, 0.1) is 11.6 Å². The van der Waals surface area contributed by atoms with Gasteiger partial charge in [-0.05, 0) is 19.9 Å². The maximum Gasteiger partial charge on any atom is 0.343 e. The van der Waals surface area contributed by atoms with Gasteiger partial charge in [-0.3, -0.25) is 4.79 Å². The third-order valence-electron chi connectivity index (χ3n) is 3.75. The minimum absolute atomic E-state index is 0.0768. The van der Waals surface area contributed by atoms with E-state index in [-0.39, 0.29) is 28.0 Å². The molecular weight excluding hydrogens is 328 g/mol. The number of rotatable bonds is 2. The number of benzene rings is 1. The summed E-state index contributed by atoms with van der Waals surface area (Å²) >= 11 is 0.751. The smallest absolute Gasteiger partial charge is 0.343 e. The average molecular weight is 341 g/mol. The number of carbonyl (C=O) groups is 1. The molecule has 1 aromatic heterocycles. The number of nitrogens with zero attached hydrogens (tertiary/aromatic N) is 1. The lowest BCUT2D eigenvalue weighted by Gasteiger charge is -2.30. The van der Waals surface area contributed by atoms with E-state index in [1.54, 1.807) is 13.8 Å². The fourth-order valence-electron chi connectivity index (χ4n) is 2.57. The number of aliphatic hydroxyl groups is 1. The molecule has 2 aromatic rings. The highest BCUT2D eigenvalue weighted by atomic mass is 32.2. The van der Waals surface area contributed by atoms with E-state index in [1.807, 2.05) is 0 Å². The number of aliphatic hydroxyl groups excluding tert-OH is 1. The van der Waals surface area contributed by atoms with E-state index in [0.717, 1.165) is 17.8 Å². The van der Waals surface area contributed by atoms with Gasteiger partial charge in [-0.1, -0.05) is 11.8 Å². The molecule has 23 heavy (non-hydrogen) atoms. The first-order valence-electron chi connectivity index (χ1n) is 6.95. The number of hydrogen-bond donors (Lipinski definition) is 1. The lowest BCUT2D eigenvalue weighted by molar-refractivity contribution is 0.0523. The molecule has 1 aliphatic heterocycles. The van der Waals surface area contributed by atoms with Gasteiger partial charge >= 0.3 is 5.97 Å². The average Bonchev–Trinajstić information content (AvgIpc) is 2.51. The van der Waals surface area contributed by atoms with Crippen molar-refractivity contribution < 1.29 is 23.4 Å². The Labute approximate surface area is 133 Å². The lowest BCUT2D eigenvalue weighted by atomic mass is 10.1. The van der Waals surface area contributed by atoms with Gasteiger partial charge in [0.05, 0.1) is 28.4 Å². The second kappa shape index (κ2) is 5.61. The number of hydrogen-bond acceptors (Lipinski definition) is 5. The Kier molecular flexibility index (Phi) is 3.89. The summed E-state index contributed by atoms with van der Waals surface area (Å²) in [7, 11) is 0. The molecule has 3 rings (SSSR count). The summed E-state index contributed by atoms with van der Waals surface area (Å²) in [5.74, 6) is -3.16. The van der Waals surface area contributed by atoms with Crippen LogP contribution >= 0.6 is 11.8 Å². The number of halogens is 2. The maximum absolute atomic E-state index is 14.0. The fourth-order valence-corrected chi connectivity index (χ4v) is 3.67. The van der Waals surface area contributed by atoms with Gasteiger partial charge in [0.2, 0.25) is 5.43 Å². The molecule has 2 heterocycles. The Hall–Kier alpha value is -1.93. The van der Waals surface area contributed by atoms with Crippen LogP contribution in [0.15, 0.2) is 22.0 Å². The number of aromatic nitrogens is 1. The van der Waals surface area contributed by atoms with Gasteiger partial charge in [0.15, 0.2) is 11.6 Å². The molecule has 0 radical (unpaired) electrons. The normalized spacial score (nSPS) is 19.9. The van der Waals surface area contributed by atoms with Crippen LogP contribution < -0.4 is 5.43 Å². The predicted molar refractivity (Wildman–Crippen MR) is 80.7 cm³/mol. The highest BCUT2D eigenvalue weighted by Crippen LogP contribution is 2.42. The Morgan fingerprint density at radius 1 is 1.48 bits per heavy atom. The van der Waals surface area contributed by atoms with Crippen LogP contribution in [0.25, 0.3) is 10.9 Å². The second-order valence-electron chi connectivity index (χ2n) is 5.15. The van der Waals surface area contributed by atoms with Crippen molar-refractivity contribution in [2.45, 2.75) is 30.2 Å². The van der Waals surface area contributed by atoms with Crippen LogP contribution in [-0.2, 0) is 4.74 Å². The minimum atomic E-state index is -1.20. The summed E-state index contributed by atoms with van der Waals surface area (Å²) in [4.78, 5) is 24.3. The van der Waals surface area contributed by atoms with Crippen molar-refractivity contribution in [2.75, 3.05) is 6.61 Å². The van der Waals surface area contributed by atoms with E-state index >= 15 is 0 Å². The Bertz CT molecular complexity index is 880. The molecular formula is C15H13F2NO4S. The number of thioether (sulfide) groups is 1. The van der Waals surface area contributed by atoms with Crippen LogP contribution in [0.3, 0.4) is 0 Å². The quantitative estimate of drug-likeness (QED) is 0.850. The third kappa shape index (κ3) is 2.33.